The quantitative estimate of drug-likeness (QED) is 0.177. The topological polar surface area (TPSA) is 194 Å². The number of allylic oxidation sites excluding steroid dienone is 2. The minimum Gasteiger partial charge on any atom is -0.462 e. The Morgan fingerprint density at radius 1 is 1.00 bits per heavy atom. The first-order valence-corrected chi connectivity index (χ1v) is 17.2. The third-order valence-corrected chi connectivity index (χ3v) is 9.83. The Labute approximate surface area is 289 Å². The zero-order valence-corrected chi connectivity index (χ0v) is 30.0. The minimum absolute atomic E-state index is 0.0164. The van der Waals surface area contributed by atoms with Gasteiger partial charge in [0.2, 0.25) is 0 Å². The van der Waals surface area contributed by atoms with E-state index < -0.39 is 104 Å². The fraction of sp³-hybridized carbons (Fsp3) is 0.829. The van der Waals surface area contributed by atoms with E-state index in [1.54, 1.807) is 58.0 Å². The highest BCUT2D eigenvalue weighted by atomic mass is 16.7. The third-order valence-electron chi connectivity index (χ3n) is 9.83. The van der Waals surface area contributed by atoms with Crippen molar-refractivity contribution in [3.63, 3.8) is 0 Å². The molecule has 3 aliphatic rings. The summed E-state index contributed by atoms with van der Waals surface area (Å²) in [6.07, 6.45) is -4.00. The van der Waals surface area contributed by atoms with Crippen molar-refractivity contribution >= 4 is 12.3 Å². The van der Waals surface area contributed by atoms with E-state index in [-0.39, 0.29) is 25.2 Å². The number of rotatable bonds is 8. The van der Waals surface area contributed by atoms with Crippen molar-refractivity contribution in [3.8, 4) is 0 Å². The molecule has 282 valence electrons. The van der Waals surface area contributed by atoms with Crippen LogP contribution in [0, 0.1) is 11.8 Å². The smallest absolute Gasteiger partial charge is 0.308 e. The van der Waals surface area contributed by atoms with E-state index in [0.717, 1.165) is 6.29 Å². The average Bonchev–Trinajstić information content (AvgIpc) is 3.00. The van der Waals surface area contributed by atoms with Crippen molar-refractivity contribution in [2.45, 2.75) is 152 Å². The Balaban J connectivity index is 1.94. The third kappa shape index (κ3) is 11.1. The number of methoxy groups -OCH3 is 1. The Kier molecular flexibility index (Phi) is 15.8. The van der Waals surface area contributed by atoms with Gasteiger partial charge in [-0.25, -0.2) is 0 Å². The standard InChI is InChI=1S/C35H59NO13/c1-19-16-23(14-15-37)31(32(44-8)25(39)17-26(40)45-20(2)12-10-9-11-13-24(19)38)49-34-29(41)28(36(6)7)30(21(3)47-34)48-27-18-35(5,43)33(42)22(4)46-27/h9-11,13,15,19-25,27-34,38-39,41-43H,12,14,16-18H2,1-8H3/b10-9-,13-11+/t19-,20-,21-,22-,23+,24+,25-,27-,28-,29-,30-,31+,32-,33-,34+,35+/m1/s1. The lowest BCUT2D eigenvalue weighted by molar-refractivity contribution is -0.344. The summed E-state index contributed by atoms with van der Waals surface area (Å²) < 4.78 is 36.1. The largest absolute Gasteiger partial charge is 0.462 e. The number of aliphatic hydroxyl groups is 5. The SMILES string of the molecule is CO[C@H]1[C@@H](O[C@@H]2O[C@H](C)[C@@H](O[C@@H]3C[C@](C)(O)[C@H](O)[C@@H](C)O3)[C@H](N(C)C)[C@H]2O)[C@@H](CC=O)C[C@@H](C)[C@@H](O)/C=C/C=C\C[C@@H](C)OC(=O)C[C@H]1O. The van der Waals surface area contributed by atoms with E-state index >= 15 is 0 Å². The first kappa shape index (κ1) is 41.6. The van der Waals surface area contributed by atoms with Gasteiger partial charge in [-0.05, 0) is 60.0 Å². The van der Waals surface area contributed by atoms with Gasteiger partial charge in [0.25, 0.3) is 0 Å². The van der Waals surface area contributed by atoms with Gasteiger partial charge in [-0.3, -0.25) is 4.79 Å². The Morgan fingerprint density at radius 2 is 1.69 bits per heavy atom. The molecular formula is C35H59NO13. The van der Waals surface area contributed by atoms with Crippen LogP contribution in [0.5, 0.6) is 0 Å². The predicted molar refractivity (Wildman–Crippen MR) is 177 cm³/mol. The molecular weight excluding hydrogens is 642 g/mol. The molecule has 0 aromatic carbocycles. The van der Waals surface area contributed by atoms with Crippen molar-refractivity contribution in [1.82, 2.24) is 4.90 Å². The number of likely N-dealkylation sites (N-methyl/N-ethyl adjacent to an activating group) is 1. The Bertz CT molecular complexity index is 1100. The maximum atomic E-state index is 12.8. The number of cyclic esters (lactones) is 1. The number of aliphatic hydroxyl groups excluding tert-OH is 4. The van der Waals surface area contributed by atoms with Crippen LogP contribution in [0.3, 0.4) is 0 Å². The molecule has 0 aromatic heterocycles. The van der Waals surface area contributed by atoms with Gasteiger partial charge >= 0.3 is 5.97 Å². The molecule has 0 spiro atoms. The molecule has 49 heavy (non-hydrogen) atoms. The van der Waals surface area contributed by atoms with Gasteiger partial charge < -0.3 is 63.6 Å². The molecule has 3 aliphatic heterocycles. The number of esters is 1. The molecule has 2 saturated heterocycles. The van der Waals surface area contributed by atoms with Gasteiger partial charge in [-0.1, -0.05) is 31.2 Å². The van der Waals surface area contributed by atoms with Crippen LogP contribution in [0.1, 0.15) is 66.7 Å². The van der Waals surface area contributed by atoms with E-state index in [1.165, 1.54) is 14.0 Å². The lowest BCUT2D eigenvalue weighted by atomic mass is 9.82. The van der Waals surface area contributed by atoms with Gasteiger partial charge in [0.15, 0.2) is 12.6 Å². The molecule has 0 saturated carbocycles. The molecule has 2 fully saturated rings. The maximum Gasteiger partial charge on any atom is 0.308 e. The number of hydrogen-bond acceptors (Lipinski definition) is 14. The molecule has 0 unspecified atom stereocenters. The maximum absolute atomic E-state index is 12.8. The summed E-state index contributed by atoms with van der Waals surface area (Å²) in [5, 5.41) is 55.2. The molecule has 14 nitrogen and oxygen atoms in total. The van der Waals surface area contributed by atoms with E-state index in [0.29, 0.717) is 6.42 Å². The van der Waals surface area contributed by atoms with Gasteiger partial charge in [-0.2, -0.15) is 0 Å². The van der Waals surface area contributed by atoms with Crippen LogP contribution in [-0.2, 0) is 38.0 Å². The Hall–Kier alpha value is -1.82. The van der Waals surface area contributed by atoms with Gasteiger partial charge in [0, 0.05) is 26.4 Å². The summed E-state index contributed by atoms with van der Waals surface area (Å²) >= 11 is 0. The van der Waals surface area contributed by atoms with Gasteiger partial charge in [0.05, 0.1) is 48.6 Å². The first-order valence-electron chi connectivity index (χ1n) is 17.2. The van der Waals surface area contributed by atoms with Crippen LogP contribution >= 0.6 is 0 Å². The normalized spacial score (nSPS) is 46.2. The van der Waals surface area contributed by atoms with Crippen LogP contribution in [0.25, 0.3) is 0 Å². The van der Waals surface area contributed by atoms with Crippen molar-refractivity contribution < 1.29 is 63.5 Å². The Morgan fingerprint density at radius 3 is 2.31 bits per heavy atom. The fourth-order valence-electron chi connectivity index (χ4n) is 7.04. The number of carbonyl (C=O) groups is 2. The van der Waals surface area contributed by atoms with Crippen LogP contribution in [0.4, 0.5) is 0 Å². The summed E-state index contributed by atoms with van der Waals surface area (Å²) in [5.74, 6) is -1.64. The number of carbonyl (C=O) groups excluding carboxylic acids is 2. The highest BCUT2D eigenvalue weighted by molar-refractivity contribution is 5.70. The van der Waals surface area contributed by atoms with E-state index in [4.69, 9.17) is 28.4 Å². The lowest BCUT2D eigenvalue weighted by Crippen LogP contribution is -2.65. The predicted octanol–water partition coefficient (Wildman–Crippen LogP) is 0.846. The zero-order valence-electron chi connectivity index (χ0n) is 30.0. The van der Waals surface area contributed by atoms with Gasteiger partial charge in [-0.15, -0.1) is 0 Å². The molecule has 3 heterocycles. The molecule has 0 radical (unpaired) electrons. The van der Waals surface area contributed by atoms with E-state index in [9.17, 15) is 35.1 Å². The van der Waals surface area contributed by atoms with E-state index in [1.807, 2.05) is 13.0 Å². The average molecular weight is 702 g/mol. The minimum atomic E-state index is -1.46. The van der Waals surface area contributed by atoms with Crippen LogP contribution < -0.4 is 0 Å². The first-order chi connectivity index (χ1) is 23.0. The van der Waals surface area contributed by atoms with Crippen molar-refractivity contribution in [1.29, 1.82) is 0 Å². The van der Waals surface area contributed by atoms with Crippen LogP contribution in [-0.4, -0.2) is 149 Å². The molecule has 16 atom stereocenters. The molecule has 0 aromatic rings. The second kappa shape index (κ2) is 18.6. The molecule has 3 rings (SSSR count). The highest BCUT2D eigenvalue weighted by Gasteiger charge is 2.51. The number of nitrogens with zero attached hydrogens (tertiary/aromatic N) is 1. The van der Waals surface area contributed by atoms with Crippen molar-refractivity contribution in [2.75, 3.05) is 21.2 Å². The summed E-state index contributed by atoms with van der Waals surface area (Å²) in [7, 11) is 4.86. The van der Waals surface area contributed by atoms with Crippen LogP contribution in [0.15, 0.2) is 24.3 Å². The summed E-state index contributed by atoms with van der Waals surface area (Å²) in [4.78, 5) is 26.6. The summed E-state index contributed by atoms with van der Waals surface area (Å²) in [5.41, 5.74) is -1.46. The zero-order chi connectivity index (χ0) is 36.6. The fourth-order valence-corrected chi connectivity index (χ4v) is 7.04. The summed E-state index contributed by atoms with van der Waals surface area (Å²) in [6, 6.07) is -0.721. The van der Waals surface area contributed by atoms with Crippen molar-refractivity contribution in [3.05, 3.63) is 24.3 Å². The monoisotopic (exact) mass is 701 g/mol. The van der Waals surface area contributed by atoms with Crippen LogP contribution in [0.2, 0.25) is 0 Å². The number of hydrogen-bond donors (Lipinski definition) is 5. The van der Waals surface area contributed by atoms with Crippen molar-refractivity contribution in [2.24, 2.45) is 11.8 Å². The van der Waals surface area contributed by atoms with Gasteiger partial charge in [0.1, 0.15) is 36.8 Å². The molecule has 0 amide bonds. The molecule has 5 N–H and O–H groups in total. The second-order valence-electron chi connectivity index (χ2n) is 14.3. The molecule has 14 heteroatoms. The number of ether oxygens (including phenoxy) is 6. The number of aldehydes is 1. The molecule has 0 bridgehead atoms. The highest BCUT2D eigenvalue weighted by Crippen LogP contribution is 2.36. The second-order valence-corrected chi connectivity index (χ2v) is 14.3. The summed E-state index contributed by atoms with van der Waals surface area (Å²) in [6.45, 7) is 8.44. The van der Waals surface area contributed by atoms with E-state index in [2.05, 4.69) is 0 Å². The lowest BCUT2D eigenvalue weighted by Gasteiger charge is -2.50. The molecule has 0 aliphatic carbocycles.